The van der Waals surface area contributed by atoms with Crippen LogP contribution in [0.5, 0.6) is 0 Å². The number of amides is 3. The molecule has 1 unspecified atom stereocenters. The van der Waals surface area contributed by atoms with Crippen molar-refractivity contribution in [1.82, 2.24) is 15.6 Å². The number of fused-ring (bicyclic) bond motifs is 1. The van der Waals surface area contributed by atoms with E-state index >= 15 is 0 Å². The fourth-order valence-electron chi connectivity index (χ4n) is 2.92. The van der Waals surface area contributed by atoms with Gasteiger partial charge in [-0.25, -0.2) is 4.79 Å². The second-order valence-corrected chi connectivity index (χ2v) is 6.50. The molecule has 2 aromatic carbocycles. The number of alkyl carbamates (subject to hydrolysis) is 1. The van der Waals surface area contributed by atoms with Crippen LogP contribution in [0.15, 0.2) is 60.8 Å². The van der Waals surface area contributed by atoms with Crippen molar-refractivity contribution in [2.24, 2.45) is 5.73 Å². The summed E-state index contributed by atoms with van der Waals surface area (Å²) in [6.07, 6.45) is 1.30. The molecule has 3 rings (SSSR count). The van der Waals surface area contributed by atoms with Gasteiger partial charge in [-0.3, -0.25) is 9.59 Å². The second-order valence-electron chi connectivity index (χ2n) is 6.50. The van der Waals surface area contributed by atoms with Crippen LogP contribution in [0.2, 0.25) is 0 Å². The maximum Gasteiger partial charge on any atom is 0.407 e. The van der Waals surface area contributed by atoms with E-state index in [1.807, 2.05) is 54.6 Å². The molecule has 0 spiro atoms. The zero-order valence-corrected chi connectivity index (χ0v) is 15.7. The minimum absolute atomic E-state index is 0.0960. The highest BCUT2D eigenvalue weighted by atomic mass is 16.5. The topological polar surface area (TPSA) is 126 Å². The van der Waals surface area contributed by atoms with E-state index in [1.165, 1.54) is 0 Å². The molecule has 1 aromatic heterocycles. The highest BCUT2D eigenvalue weighted by Gasteiger charge is 2.20. The number of H-pyrrole nitrogens is 1. The Balaban J connectivity index is 1.49. The van der Waals surface area contributed by atoms with Crippen molar-refractivity contribution in [2.75, 3.05) is 6.54 Å². The lowest BCUT2D eigenvalue weighted by Crippen LogP contribution is -2.49. The second kappa shape index (κ2) is 9.41. The van der Waals surface area contributed by atoms with Gasteiger partial charge in [0.2, 0.25) is 11.8 Å². The summed E-state index contributed by atoms with van der Waals surface area (Å²) in [7, 11) is 0. The molecule has 0 aliphatic carbocycles. The summed E-state index contributed by atoms with van der Waals surface area (Å²) < 4.78 is 5.04. The highest BCUT2D eigenvalue weighted by molar-refractivity contribution is 5.90. The van der Waals surface area contributed by atoms with Crippen molar-refractivity contribution >= 4 is 28.8 Å². The molecular formula is C21H22N4O4. The standard InChI is InChI=1S/C21H22N4O4/c22-20(27)18(10-15-11-23-17-9-5-4-8-16(15)17)25-19(26)12-24-21(28)29-13-14-6-2-1-3-7-14/h1-9,11,18,23H,10,12-13H2,(H2,22,27)(H,24,28)(H,25,26). The molecule has 0 saturated heterocycles. The van der Waals surface area contributed by atoms with Crippen LogP contribution in [-0.2, 0) is 27.4 Å². The molecule has 0 aliphatic heterocycles. The monoisotopic (exact) mass is 394 g/mol. The van der Waals surface area contributed by atoms with Crippen LogP contribution < -0.4 is 16.4 Å². The van der Waals surface area contributed by atoms with Gasteiger partial charge >= 0.3 is 6.09 Å². The highest BCUT2D eigenvalue weighted by Crippen LogP contribution is 2.19. The van der Waals surface area contributed by atoms with Gasteiger partial charge < -0.3 is 26.1 Å². The van der Waals surface area contributed by atoms with Crippen molar-refractivity contribution in [3.8, 4) is 0 Å². The quantitative estimate of drug-likeness (QED) is 0.463. The predicted molar refractivity (Wildman–Crippen MR) is 108 cm³/mol. The van der Waals surface area contributed by atoms with Crippen LogP contribution >= 0.6 is 0 Å². The minimum atomic E-state index is -0.899. The molecule has 150 valence electrons. The number of rotatable bonds is 8. The Bertz CT molecular complexity index is 1000. The van der Waals surface area contributed by atoms with Gasteiger partial charge in [0.25, 0.3) is 0 Å². The number of para-hydroxylation sites is 1. The summed E-state index contributed by atoms with van der Waals surface area (Å²) in [5.41, 5.74) is 8.06. The van der Waals surface area contributed by atoms with Crippen molar-refractivity contribution in [1.29, 1.82) is 0 Å². The van der Waals surface area contributed by atoms with Gasteiger partial charge in [0.1, 0.15) is 19.2 Å². The molecule has 0 fully saturated rings. The van der Waals surface area contributed by atoms with E-state index in [0.29, 0.717) is 0 Å². The Morgan fingerprint density at radius 2 is 1.76 bits per heavy atom. The Morgan fingerprint density at radius 3 is 2.52 bits per heavy atom. The van der Waals surface area contributed by atoms with E-state index in [0.717, 1.165) is 22.0 Å². The minimum Gasteiger partial charge on any atom is -0.445 e. The van der Waals surface area contributed by atoms with E-state index < -0.39 is 23.9 Å². The lowest BCUT2D eigenvalue weighted by Gasteiger charge is -2.15. The van der Waals surface area contributed by atoms with Crippen LogP contribution in [-0.4, -0.2) is 35.5 Å². The molecule has 0 radical (unpaired) electrons. The SMILES string of the molecule is NC(=O)C(Cc1c[nH]c2ccccc12)NC(=O)CNC(=O)OCc1ccccc1. The molecule has 8 heteroatoms. The number of aromatic amines is 1. The third-order valence-electron chi connectivity index (χ3n) is 4.38. The zero-order chi connectivity index (χ0) is 20.6. The Labute approximate surface area is 167 Å². The number of carbonyl (C=O) groups excluding carboxylic acids is 3. The molecule has 3 amide bonds. The number of ether oxygens (including phenoxy) is 1. The van der Waals surface area contributed by atoms with Gasteiger partial charge in [-0.05, 0) is 17.2 Å². The summed E-state index contributed by atoms with van der Waals surface area (Å²) in [6.45, 7) is -0.232. The smallest absolute Gasteiger partial charge is 0.407 e. The molecule has 0 saturated carbocycles. The number of primary amides is 1. The van der Waals surface area contributed by atoms with Crippen molar-refractivity contribution in [3.05, 3.63) is 71.9 Å². The number of nitrogens with one attached hydrogen (secondary N) is 3. The lowest BCUT2D eigenvalue weighted by molar-refractivity contribution is -0.126. The first-order chi connectivity index (χ1) is 14.0. The largest absolute Gasteiger partial charge is 0.445 e. The molecule has 3 aromatic rings. The molecule has 8 nitrogen and oxygen atoms in total. The molecular weight excluding hydrogens is 372 g/mol. The van der Waals surface area contributed by atoms with Crippen LogP contribution in [0.25, 0.3) is 10.9 Å². The first-order valence-electron chi connectivity index (χ1n) is 9.11. The molecule has 29 heavy (non-hydrogen) atoms. The third-order valence-corrected chi connectivity index (χ3v) is 4.38. The van der Waals surface area contributed by atoms with Gasteiger partial charge in [-0.2, -0.15) is 0 Å². The maximum atomic E-state index is 12.1. The summed E-state index contributed by atoms with van der Waals surface area (Å²) in [4.78, 5) is 38.8. The van der Waals surface area contributed by atoms with E-state index in [-0.39, 0.29) is 19.6 Å². The van der Waals surface area contributed by atoms with Gasteiger partial charge in [0.15, 0.2) is 0 Å². The van der Waals surface area contributed by atoms with Gasteiger partial charge in [-0.1, -0.05) is 48.5 Å². The van der Waals surface area contributed by atoms with Crippen LogP contribution in [0.3, 0.4) is 0 Å². The lowest BCUT2D eigenvalue weighted by atomic mass is 10.0. The molecule has 0 aliphatic rings. The van der Waals surface area contributed by atoms with Crippen LogP contribution in [0, 0.1) is 0 Å². The Hall–Kier alpha value is -3.81. The first-order valence-corrected chi connectivity index (χ1v) is 9.11. The Morgan fingerprint density at radius 1 is 1.03 bits per heavy atom. The normalized spacial score (nSPS) is 11.6. The fraction of sp³-hybridized carbons (Fsp3) is 0.190. The van der Waals surface area contributed by atoms with Gasteiger partial charge in [-0.15, -0.1) is 0 Å². The molecule has 5 N–H and O–H groups in total. The number of benzene rings is 2. The average molecular weight is 394 g/mol. The van der Waals surface area contributed by atoms with Crippen LogP contribution in [0.1, 0.15) is 11.1 Å². The Kier molecular flexibility index (Phi) is 6.47. The van der Waals surface area contributed by atoms with E-state index in [4.69, 9.17) is 10.5 Å². The van der Waals surface area contributed by atoms with E-state index in [9.17, 15) is 14.4 Å². The number of hydrogen-bond acceptors (Lipinski definition) is 4. The number of carbonyl (C=O) groups is 3. The summed E-state index contributed by atoms with van der Waals surface area (Å²) in [5.74, 6) is -1.19. The van der Waals surface area contributed by atoms with Crippen molar-refractivity contribution < 1.29 is 19.1 Å². The molecule has 0 bridgehead atoms. The van der Waals surface area contributed by atoms with Crippen molar-refractivity contribution in [2.45, 2.75) is 19.1 Å². The van der Waals surface area contributed by atoms with E-state index in [1.54, 1.807) is 6.20 Å². The fourth-order valence-corrected chi connectivity index (χ4v) is 2.92. The van der Waals surface area contributed by atoms with Gasteiger partial charge in [0.05, 0.1) is 0 Å². The maximum absolute atomic E-state index is 12.1. The first kappa shape index (κ1) is 19.9. The van der Waals surface area contributed by atoms with Crippen molar-refractivity contribution in [3.63, 3.8) is 0 Å². The summed E-state index contributed by atoms with van der Waals surface area (Å²) in [6, 6.07) is 15.9. The van der Waals surface area contributed by atoms with E-state index in [2.05, 4.69) is 15.6 Å². The van der Waals surface area contributed by atoms with Crippen LogP contribution in [0.4, 0.5) is 4.79 Å². The predicted octanol–water partition coefficient (Wildman–Crippen LogP) is 1.61. The molecule has 1 atom stereocenters. The number of nitrogens with two attached hydrogens (primary N) is 1. The zero-order valence-electron chi connectivity index (χ0n) is 15.7. The summed E-state index contributed by atoms with van der Waals surface area (Å²) in [5, 5.41) is 5.86. The molecule has 1 heterocycles. The summed E-state index contributed by atoms with van der Waals surface area (Å²) >= 11 is 0. The average Bonchev–Trinajstić information content (AvgIpc) is 3.14. The van der Waals surface area contributed by atoms with Gasteiger partial charge in [0, 0.05) is 23.5 Å². The third kappa shape index (κ3) is 5.58. The number of hydrogen-bond donors (Lipinski definition) is 4. The number of aromatic nitrogens is 1.